The van der Waals surface area contributed by atoms with Gasteiger partial charge in [-0.2, -0.15) is 0 Å². The van der Waals surface area contributed by atoms with Gasteiger partial charge in [0.2, 0.25) is 10.0 Å². The maximum absolute atomic E-state index is 12.0. The molecule has 1 aromatic rings. The highest BCUT2D eigenvalue weighted by molar-refractivity contribution is 7.89. The maximum Gasteiger partial charge on any atom is 0.338 e. The summed E-state index contributed by atoms with van der Waals surface area (Å²) < 4.78 is 31.2. The Kier molecular flexibility index (Phi) is 5.86. The first-order chi connectivity index (χ1) is 9.76. The van der Waals surface area contributed by atoms with Crippen LogP contribution in [0.15, 0.2) is 29.2 Å². The molecule has 7 nitrogen and oxygen atoms in total. The second-order valence-electron chi connectivity index (χ2n) is 4.55. The molecule has 0 aliphatic heterocycles. The Balaban J connectivity index is 2.90. The predicted octanol–water partition coefficient (Wildman–Crippen LogP) is 0.276. The van der Waals surface area contributed by atoms with Gasteiger partial charge in [0.05, 0.1) is 10.5 Å². The summed E-state index contributed by atoms with van der Waals surface area (Å²) in [5.41, 5.74) is 0.0607. The van der Waals surface area contributed by atoms with Crippen molar-refractivity contribution in [1.82, 2.24) is 10.0 Å². The van der Waals surface area contributed by atoms with Crippen molar-refractivity contribution >= 4 is 21.9 Å². The first-order valence-corrected chi connectivity index (χ1v) is 7.74. The minimum atomic E-state index is -3.69. The molecule has 8 heteroatoms. The van der Waals surface area contributed by atoms with Crippen LogP contribution in [0.3, 0.4) is 0 Å². The highest BCUT2D eigenvalue weighted by atomic mass is 32.2. The van der Waals surface area contributed by atoms with E-state index in [2.05, 4.69) is 10.0 Å². The summed E-state index contributed by atoms with van der Waals surface area (Å²) in [4.78, 5) is 22.7. The molecule has 116 valence electrons. The Morgan fingerprint density at radius 1 is 1.29 bits per heavy atom. The van der Waals surface area contributed by atoms with Crippen LogP contribution < -0.4 is 10.0 Å². The van der Waals surface area contributed by atoms with Crippen molar-refractivity contribution in [2.75, 3.05) is 13.7 Å². The smallest absolute Gasteiger partial charge is 0.338 e. The molecule has 0 fully saturated rings. The number of benzene rings is 1. The molecule has 21 heavy (non-hydrogen) atoms. The van der Waals surface area contributed by atoms with Crippen LogP contribution >= 0.6 is 0 Å². The quantitative estimate of drug-likeness (QED) is 0.734. The van der Waals surface area contributed by atoms with Crippen molar-refractivity contribution in [3.05, 3.63) is 29.8 Å². The normalized spacial score (nSPS) is 11.2. The number of carbonyl (C=O) groups excluding carboxylic acids is 2. The highest BCUT2D eigenvalue weighted by Gasteiger charge is 2.18. The summed E-state index contributed by atoms with van der Waals surface area (Å²) in [6.45, 7) is 2.97. The molecule has 1 rings (SSSR count). The molecular weight excluding hydrogens is 296 g/mol. The molecule has 2 N–H and O–H groups in total. The maximum atomic E-state index is 12.0. The van der Waals surface area contributed by atoms with E-state index in [0.29, 0.717) is 0 Å². The van der Waals surface area contributed by atoms with Gasteiger partial charge >= 0.3 is 5.97 Å². The van der Waals surface area contributed by atoms with Gasteiger partial charge in [0.1, 0.15) is 0 Å². The van der Waals surface area contributed by atoms with Crippen LogP contribution in [0.2, 0.25) is 0 Å². The van der Waals surface area contributed by atoms with Crippen LogP contribution in [0.25, 0.3) is 0 Å². The van der Waals surface area contributed by atoms with Crippen molar-refractivity contribution in [3.8, 4) is 0 Å². The third-order valence-electron chi connectivity index (χ3n) is 2.38. The molecule has 0 aromatic heterocycles. The third kappa shape index (κ3) is 5.16. The lowest BCUT2D eigenvalue weighted by atomic mass is 10.2. The summed E-state index contributed by atoms with van der Waals surface area (Å²) in [5, 5.41) is 2.31. The zero-order valence-corrected chi connectivity index (χ0v) is 12.9. The van der Waals surface area contributed by atoms with Crippen LogP contribution in [0.1, 0.15) is 24.2 Å². The van der Waals surface area contributed by atoms with Gasteiger partial charge in [0, 0.05) is 13.1 Å². The molecule has 0 aliphatic rings. The Hall–Kier alpha value is -1.93. The number of likely N-dealkylation sites (N-methyl/N-ethyl adjacent to an activating group) is 1. The van der Waals surface area contributed by atoms with E-state index in [1.54, 1.807) is 13.8 Å². The van der Waals surface area contributed by atoms with E-state index in [9.17, 15) is 18.0 Å². The number of rotatable bonds is 6. The summed E-state index contributed by atoms with van der Waals surface area (Å²) >= 11 is 0. The summed E-state index contributed by atoms with van der Waals surface area (Å²) in [6, 6.07) is 5.17. The first kappa shape index (κ1) is 17.1. The van der Waals surface area contributed by atoms with Crippen molar-refractivity contribution in [1.29, 1.82) is 0 Å². The zero-order chi connectivity index (χ0) is 16.0. The Labute approximate surface area is 123 Å². The number of carbonyl (C=O) groups is 2. The summed E-state index contributed by atoms with van der Waals surface area (Å²) in [7, 11) is -2.27. The molecule has 0 saturated heterocycles. The number of nitrogens with one attached hydrogen (secondary N) is 2. The largest absolute Gasteiger partial charge is 0.452 e. The summed E-state index contributed by atoms with van der Waals surface area (Å²) in [5.74, 6) is -1.21. The summed E-state index contributed by atoms with van der Waals surface area (Å²) in [6.07, 6.45) is 0. The minimum Gasteiger partial charge on any atom is -0.452 e. The molecular formula is C13H18N2O5S. The number of hydrogen-bond acceptors (Lipinski definition) is 5. The first-order valence-electron chi connectivity index (χ1n) is 6.26. The molecule has 0 heterocycles. The number of amides is 1. The van der Waals surface area contributed by atoms with Gasteiger partial charge in [0.15, 0.2) is 6.61 Å². The second kappa shape index (κ2) is 7.19. The third-order valence-corrected chi connectivity index (χ3v) is 4.04. The lowest BCUT2D eigenvalue weighted by Crippen LogP contribution is -2.30. The van der Waals surface area contributed by atoms with E-state index in [4.69, 9.17) is 4.74 Å². The van der Waals surface area contributed by atoms with E-state index in [0.717, 1.165) is 0 Å². The molecule has 0 atom stereocenters. The van der Waals surface area contributed by atoms with Gasteiger partial charge in [-0.3, -0.25) is 4.79 Å². The van der Waals surface area contributed by atoms with Gasteiger partial charge in [-0.25, -0.2) is 17.9 Å². The lowest BCUT2D eigenvalue weighted by Gasteiger charge is -2.10. The van der Waals surface area contributed by atoms with Gasteiger partial charge in [-0.15, -0.1) is 0 Å². The minimum absolute atomic E-state index is 0.0365. The van der Waals surface area contributed by atoms with E-state index in [1.165, 1.54) is 31.3 Å². The Morgan fingerprint density at radius 2 is 1.95 bits per heavy atom. The van der Waals surface area contributed by atoms with E-state index in [-0.39, 0.29) is 16.5 Å². The fraction of sp³-hybridized carbons (Fsp3) is 0.385. The van der Waals surface area contributed by atoms with Crippen LogP contribution in [-0.4, -0.2) is 40.0 Å². The monoisotopic (exact) mass is 314 g/mol. The van der Waals surface area contributed by atoms with Crippen molar-refractivity contribution in [2.24, 2.45) is 0 Å². The predicted molar refractivity (Wildman–Crippen MR) is 76.2 cm³/mol. The van der Waals surface area contributed by atoms with Gasteiger partial charge in [-0.1, -0.05) is 6.07 Å². The van der Waals surface area contributed by atoms with Crippen LogP contribution in [-0.2, 0) is 19.6 Å². The average molecular weight is 314 g/mol. The van der Waals surface area contributed by atoms with E-state index >= 15 is 0 Å². The van der Waals surface area contributed by atoms with Crippen molar-refractivity contribution in [2.45, 2.75) is 24.8 Å². The number of ether oxygens (including phenoxy) is 1. The SMILES string of the molecule is CNC(=O)COC(=O)c1cccc(S(=O)(=O)NC(C)C)c1. The van der Waals surface area contributed by atoms with E-state index in [1.807, 2.05) is 0 Å². The Bertz CT molecular complexity index is 625. The van der Waals surface area contributed by atoms with Gasteiger partial charge in [0.25, 0.3) is 5.91 Å². The average Bonchev–Trinajstić information content (AvgIpc) is 2.43. The number of sulfonamides is 1. The molecule has 1 aromatic carbocycles. The molecule has 1 amide bonds. The van der Waals surface area contributed by atoms with Crippen molar-refractivity contribution in [3.63, 3.8) is 0 Å². The molecule has 0 spiro atoms. The highest BCUT2D eigenvalue weighted by Crippen LogP contribution is 2.13. The van der Waals surface area contributed by atoms with Crippen LogP contribution in [0.5, 0.6) is 0 Å². The molecule has 0 aliphatic carbocycles. The Morgan fingerprint density at radius 3 is 2.52 bits per heavy atom. The molecule has 0 bridgehead atoms. The topological polar surface area (TPSA) is 102 Å². The lowest BCUT2D eigenvalue weighted by molar-refractivity contribution is -0.123. The molecule has 0 saturated carbocycles. The number of hydrogen-bond donors (Lipinski definition) is 2. The zero-order valence-electron chi connectivity index (χ0n) is 12.0. The fourth-order valence-electron chi connectivity index (χ4n) is 1.46. The fourth-order valence-corrected chi connectivity index (χ4v) is 2.75. The number of esters is 1. The van der Waals surface area contributed by atoms with Gasteiger partial charge < -0.3 is 10.1 Å². The second-order valence-corrected chi connectivity index (χ2v) is 6.27. The van der Waals surface area contributed by atoms with Crippen LogP contribution in [0.4, 0.5) is 0 Å². The van der Waals surface area contributed by atoms with Crippen molar-refractivity contribution < 1.29 is 22.7 Å². The molecule has 0 radical (unpaired) electrons. The molecule has 0 unspecified atom stereocenters. The van der Waals surface area contributed by atoms with E-state index < -0.39 is 28.5 Å². The standard InChI is InChI=1S/C13H18N2O5S/c1-9(2)15-21(18,19)11-6-4-5-10(7-11)13(17)20-8-12(16)14-3/h4-7,9,15H,8H2,1-3H3,(H,14,16). The van der Waals surface area contributed by atoms with Gasteiger partial charge in [-0.05, 0) is 32.0 Å². The van der Waals surface area contributed by atoms with Crippen LogP contribution in [0, 0.1) is 0 Å².